The van der Waals surface area contributed by atoms with E-state index in [1.54, 1.807) is 18.5 Å². The first kappa shape index (κ1) is 31.2. The molecule has 10 heteroatoms. The highest BCUT2D eigenvalue weighted by Gasteiger charge is 2.22. The lowest BCUT2D eigenvalue weighted by atomic mass is 9.85. The summed E-state index contributed by atoms with van der Waals surface area (Å²) in [5.74, 6) is 0. The molecule has 0 aliphatic carbocycles. The van der Waals surface area contributed by atoms with Crippen LogP contribution in [-0.2, 0) is 5.41 Å². The molecular weight excluding hydrogens is 585 g/mol. The van der Waals surface area contributed by atoms with Crippen molar-refractivity contribution in [3.8, 4) is 22.8 Å². The fraction of sp³-hybridized carbons (Fsp3) is 0.176. The number of hydrogen-bond donors (Lipinski definition) is 4. The van der Waals surface area contributed by atoms with Gasteiger partial charge in [0.2, 0.25) is 0 Å². The van der Waals surface area contributed by atoms with Gasteiger partial charge in [-0.25, -0.2) is 9.97 Å². The number of thioether (sulfide) groups is 2. The Hall–Kier alpha value is -4.22. The fourth-order valence-electron chi connectivity index (χ4n) is 4.38. The molecule has 0 amide bonds. The molecule has 222 valence electrons. The normalized spacial score (nSPS) is 12.8. The van der Waals surface area contributed by atoms with Crippen LogP contribution < -0.4 is 11.5 Å². The van der Waals surface area contributed by atoms with Gasteiger partial charge in [0.1, 0.15) is 5.04 Å². The second kappa shape index (κ2) is 13.6. The van der Waals surface area contributed by atoms with Gasteiger partial charge < -0.3 is 11.5 Å². The zero-order chi connectivity index (χ0) is 31.3. The van der Waals surface area contributed by atoms with Gasteiger partial charge >= 0.3 is 0 Å². The molecule has 2 atom stereocenters. The summed E-state index contributed by atoms with van der Waals surface area (Å²) in [5.41, 5.74) is 19.8. The van der Waals surface area contributed by atoms with E-state index in [1.165, 1.54) is 23.5 Å². The van der Waals surface area contributed by atoms with E-state index < -0.39 is 10.7 Å². The maximum absolute atomic E-state index is 8.98. The van der Waals surface area contributed by atoms with E-state index in [0.29, 0.717) is 27.7 Å². The van der Waals surface area contributed by atoms with Gasteiger partial charge in [-0.2, -0.15) is 0 Å². The number of nitrogens with one attached hydrogen (secondary N) is 2. The molecule has 0 aliphatic rings. The van der Waals surface area contributed by atoms with Crippen molar-refractivity contribution in [2.45, 2.75) is 36.9 Å². The number of benzene rings is 1. The molecule has 0 aliphatic heterocycles. The van der Waals surface area contributed by atoms with Crippen LogP contribution in [0.15, 0.2) is 103 Å². The largest absolute Gasteiger partial charge is 0.315 e. The van der Waals surface area contributed by atoms with Gasteiger partial charge in [0.05, 0.1) is 50.0 Å². The number of nitrogens with two attached hydrogens (primary N) is 2. The third-order valence-electron chi connectivity index (χ3n) is 6.80. The molecule has 0 spiro atoms. The van der Waals surface area contributed by atoms with Gasteiger partial charge in [-0.15, -0.1) is 0 Å². The molecule has 1 aromatic carbocycles. The predicted molar refractivity (Wildman–Crippen MR) is 183 cm³/mol. The van der Waals surface area contributed by atoms with Crippen LogP contribution in [0.3, 0.4) is 0 Å². The maximum atomic E-state index is 8.98. The van der Waals surface area contributed by atoms with Gasteiger partial charge in [0.25, 0.3) is 0 Å². The van der Waals surface area contributed by atoms with Crippen molar-refractivity contribution >= 4 is 33.6 Å². The third kappa shape index (κ3) is 7.64. The highest BCUT2D eigenvalue weighted by atomic mass is 32.2. The fourth-order valence-corrected chi connectivity index (χ4v) is 5.90. The van der Waals surface area contributed by atoms with Crippen LogP contribution in [0.2, 0.25) is 0 Å². The minimum absolute atomic E-state index is 0.188. The molecule has 44 heavy (non-hydrogen) atoms. The van der Waals surface area contributed by atoms with Gasteiger partial charge in [0, 0.05) is 18.0 Å². The van der Waals surface area contributed by atoms with Crippen LogP contribution in [0.4, 0.5) is 0 Å². The summed E-state index contributed by atoms with van der Waals surface area (Å²) in [6, 6.07) is 28.5. The van der Waals surface area contributed by atoms with Crippen LogP contribution in [0.5, 0.6) is 0 Å². The zero-order valence-corrected chi connectivity index (χ0v) is 26.4. The van der Waals surface area contributed by atoms with Crippen molar-refractivity contribution in [3.05, 3.63) is 131 Å². The number of aromatic nitrogens is 4. The smallest absolute Gasteiger partial charge is 0.115 e. The lowest BCUT2D eigenvalue weighted by Crippen LogP contribution is -2.17. The van der Waals surface area contributed by atoms with Crippen LogP contribution >= 0.6 is 23.5 Å². The molecular formula is C34H34N8S2. The van der Waals surface area contributed by atoms with Crippen LogP contribution in [0.25, 0.3) is 22.8 Å². The number of pyridine rings is 4. The first-order chi connectivity index (χ1) is 21.1. The first-order valence-corrected chi connectivity index (χ1v) is 15.8. The van der Waals surface area contributed by atoms with Gasteiger partial charge in [0.15, 0.2) is 0 Å². The van der Waals surface area contributed by atoms with Crippen LogP contribution in [-0.4, -0.2) is 30.0 Å². The monoisotopic (exact) mass is 618 g/mol. The average Bonchev–Trinajstić information content (AvgIpc) is 3.05. The molecule has 0 saturated heterocycles. The minimum Gasteiger partial charge on any atom is -0.315 e. The van der Waals surface area contributed by atoms with E-state index in [4.69, 9.17) is 27.3 Å². The molecule has 5 aromatic rings. The summed E-state index contributed by atoms with van der Waals surface area (Å²) in [4.78, 5) is 18.1. The Labute approximate surface area is 266 Å². The Bertz CT molecular complexity index is 1770. The molecule has 0 bridgehead atoms. The predicted octanol–water partition coefficient (Wildman–Crippen LogP) is 7.33. The highest BCUT2D eigenvalue weighted by Crippen LogP contribution is 2.34. The Morgan fingerprint density at radius 2 is 1.25 bits per heavy atom. The lowest BCUT2D eigenvalue weighted by molar-refractivity contribution is 0.589. The lowest BCUT2D eigenvalue weighted by Gasteiger charge is -2.23. The van der Waals surface area contributed by atoms with E-state index in [2.05, 4.69) is 41.8 Å². The standard InChI is InChI=1S/C34H34N8S2/c1-34(2,3)23-19-21(30(35)43-32(37)28-14-8-12-26(41-28)24-10-4-6-16-39-24)18-22(20-23)31(36)44-33(38)29-15-9-13-27(42-29)25-11-5-7-17-40-25/h4-20,30,33,36-37H,35,38H2,1-3H3. The summed E-state index contributed by atoms with van der Waals surface area (Å²) in [6.45, 7) is 6.37. The van der Waals surface area contributed by atoms with Gasteiger partial charge in [-0.05, 0) is 77.2 Å². The van der Waals surface area contributed by atoms with Crippen molar-refractivity contribution in [2.75, 3.05) is 0 Å². The molecule has 4 heterocycles. The van der Waals surface area contributed by atoms with Crippen LogP contribution in [0.1, 0.15) is 59.6 Å². The third-order valence-corrected chi connectivity index (χ3v) is 8.74. The topological polar surface area (TPSA) is 151 Å². The second-order valence-corrected chi connectivity index (χ2v) is 13.4. The highest BCUT2D eigenvalue weighted by molar-refractivity contribution is 8.14. The summed E-state index contributed by atoms with van der Waals surface area (Å²) < 4.78 is 0. The Morgan fingerprint density at radius 3 is 1.86 bits per heavy atom. The molecule has 6 N–H and O–H groups in total. The Kier molecular flexibility index (Phi) is 9.65. The first-order valence-electron chi connectivity index (χ1n) is 14.0. The van der Waals surface area contributed by atoms with Crippen molar-refractivity contribution in [3.63, 3.8) is 0 Å². The summed E-state index contributed by atoms with van der Waals surface area (Å²) in [6.07, 6.45) is 3.45. The second-order valence-electron chi connectivity index (χ2n) is 11.1. The van der Waals surface area contributed by atoms with E-state index in [1.807, 2.05) is 78.9 Å². The number of rotatable bonds is 8. The average molecular weight is 619 g/mol. The summed E-state index contributed by atoms with van der Waals surface area (Å²) >= 11 is 2.45. The molecule has 4 aromatic heterocycles. The zero-order valence-electron chi connectivity index (χ0n) is 24.7. The van der Waals surface area contributed by atoms with Crippen LogP contribution in [0, 0.1) is 10.8 Å². The maximum Gasteiger partial charge on any atom is 0.115 e. The minimum atomic E-state index is -0.554. The van der Waals surface area contributed by atoms with Gasteiger partial charge in [-0.3, -0.25) is 20.8 Å². The molecule has 0 saturated carbocycles. The van der Waals surface area contributed by atoms with E-state index in [0.717, 1.165) is 28.2 Å². The molecule has 8 nitrogen and oxygen atoms in total. The Morgan fingerprint density at radius 1 is 0.659 bits per heavy atom. The molecule has 0 fully saturated rings. The van der Waals surface area contributed by atoms with Crippen molar-refractivity contribution in [2.24, 2.45) is 11.5 Å². The molecule has 0 radical (unpaired) electrons. The number of hydrogen-bond acceptors (Lipinski definition) is 10. The van der Waals surface area contributed by atoms with E-state index in [-0.39, 0.29) is 10.5 Å². The van der Waals surface area contributed by atoms with Crippen molar-refractivity contribution in [1.29, 1.82) is 10.8 Å². The summed E-state index contributed by atoms with van der Waals surface area (Å²) in [5, 5.41) is 17.2. The van der Waals surface area contributed by atoms with Crippen molar-refractivity contribution < 1.29 is 0 Å². The molecule has 5 rings (SSSR count). The SMILES string of the molecule is CC(C)(C)c1cc(C(=N)SC(N)c2cccc(-c3ccccn3)n2)cc(C(N)SC(=N)c2cccc(-c3ccccn3)n2)c1. The van der Waals surface area contributed by atoms with Crippen molar-refractivity contribution in [1.82, 2.24) is 19.9 Å². The van der Waals surface area contributed by atoms with Gasteiger partial charge in [-0.1, -0.05) is 74.6 Å². The van der Waals surface area contributed by atoms with E-state index >= 15 is 0 Å². The van der Waals surface area contributed by atoms with E-state index in [9.17, 15) is 0 Å². The number of nitrogens with zero attached hydrogens (tertiary/aromatic N) is 4. The summed E-state index contributed by atoms with van der Waals surface area (Å²) in [7, 11) is 0. The quantitative estimate of drug-likeness (QED) is 0.0801. The molecule has 2 unspecified atom stereocenters. The Balaban J connectivity index is 1.36.